The van der Waals surface area contributed by atoms with Crippen molar-refractivity contribution in [3.8, 4) is 5.75 Å². The molecule has 1 aromatic carbocycles. The Hall–Kier alpha value is -3.30. The fraction of sp³-hybridized carbons (Fsp3) is 0.381. The van der Waals surface area contributed by atoms with Gasteiger partial charge in [-0.25, -0.2) is 13.2 Å². The predicted octanol–water partition coefficient (Wildman–Crippen LogP) is 2.28. The first kappa shape index (κ1) is 21.0. The maximum Gasteiger partial charge on any atom is 0.274 e. The highest BCUT2D eigenvalue weighted by atomic mass is 19.1. The van der Waals surface area contributed by atoms with E-state index >= 15 is 0 Å². The molecule has 2 N–H and O–H groups in total. The number of aromatic hydroxyl groups is 1. The molecule has 2 atom stereocenters. The quantitative estimate of drug-likeness (QED) is 0.771. The van der Waals surface area contributed by atoms with Gasteiger partial charge in [0.1, 0.15) is 23.9 Å². The van der Waals surface area contributed by atoms with E-state index in [0.29, 0.717) is 25.3 Å². The molecular formula is C21H20F3N3O4. The van der Waals surface area contributed by atoms with Crippen LogP contribution in [0.2, 0.25) is 0 Å². The molecule has 0 unspecified atom stereocenters. The number of aromatic nitrogens is 1. The highest BCUT2D eigenvalue weighted by Crippen LogP contribution is 2.34. The Morgan fingerprint density at radius 1 is 1.23 bits per heavy atom. The van der Waals surface area contributed by atoms with Crippen molar-refractivity contribution in [2.75, 3.05) is 13.2 Å². The number of carbonyl (C=O) groups is 2. The van der Waals surface area contributed by atoms with Crippen molar-refractivity contribution in [3.63, 3.8) is 0 Å². The Balaban J connectivity index is 1.66. The molecule has 2 aliphatic rings. The van der Waals surface area contributed by atoms with E-state index in [4.69, 9.17) is 0 Å². The molecule has 0 spiro atoms. The fourth-order valence-electron chi connectivity index (χ4n) is 4.20. The lowest BCUT2D eigenvalue weighted by atomic mass is 10.1. The first-order valence-corrected chi connectivity index (χ1v) is 9.89. The lowest BCUT2D eigenvalue weighted by Crippen LogP contribution is -2.49. The molecule has 2 aliphatic heterocycles. The van der Waals surface area contributed by atoms with Gasteiger partial charge in [-0.1, -0.05) is 6.07 Å². The van der Waals surface area contributed by atoms with Crippen LogP contribution in [-0.4, -0.2) is 45.6 Å². The summed E-state index contributed by atoms with van der Waals surface area (Å²) in [7, 11) is 0. The Morgan fingerprint density at radius 3 is 2.71 bits per heavy atom. The second kappa shape index (κ2) is 8.09. The monoisotopic (exact) mass is 435 g/mol. The Labute approximate surface area is 175 Å². The number of halogens is 3. The molecule has 1 fully saturated rings. The number of benzene rings is 1. The van der Waals surface area contributed by atoms with Crippen LogP contribution in [0.3, 0.4) is 0 Å². The van der Waals surface area contributed by atoms with E-state index in [1.165, 1.54) is 21.7 Å². The van der Waals surface area contributed by atoms with Crippen molar-refractivity contribution in [3.05, 3.63) is 63.1 Å². The molecule has 0 aliphatic carbocycles. The van der Waals surface area contributed by atoms with E-state index in [9.17, 15) is 32.7 Å². The van der Waals surface area contributed by atoms with E-state index in [1.54, 1.807) is 0 Å². The van der Waals surface area contributed by atoms with Gasteiger partial charge in [0.05, 0.1) is 12.1 Å². The maximum absolute atomic E-state index is 13.8. The fourth-order valence-corrected chi connectivity index (χ4v) is 4.20. The summed E-state index contributed by atoms with van der Waals surface area (Å²) in [5, 5.41) is 12.8. The average Bonchev–Trinajstić information content (AvgIpc) is 2.93. The third-order valence-corrected chi connectivity index (χ3v) is 5.87. The van der Waals surface area contributed by atoms with Crippen molar-refractivity contribution in [1.29, 1.82) is 0 Å². The van der Waals surface area contributed by atoms with Gasteiger partial charge in [-0.15, -0.1) is 0 Å². The molecule has 2 amide bonds. The number of fused-ring (bicyclic) bond motifs is 4. The van der Waals surface area contributed by atoms with Gasteiger partial charge in [-0.05, 0) is 25.3 Å². The van der Waals surface area contributed by atoms with Gasteiger partial charge >= 0.3 is 0 Å². The summed E-state index contributed by atoms with van der Waals surface area (Å²) in [5.74, 6) is -4.01. The molecule has 10 heteroatoms. The number of alkyl halides is 1. The van der Waals surface area contributed by atoms with E-state index in [-0.39, 0.29) is 30.4 Å². The molecule has 1 aromatic heterocycles. The first-order chi connectivity index (χ1) is 14.8. The largest absolute Gasteiger partial charge is 0.503 e. The lowest BCUT2D eigenvalue weighted by Gasteiger charge is -2.37. The van der Waals surface area contributed by atoms with Crippen LogP contribution < -0.4 is 10.7 Å². The van der Waals surface area contributed by atoms with E-state index < -0.39 is 52.9 Å². The van der Waals surface area contributed by atoms with Gasteiger partial charge in [-0.3, -0.25) is 14.4 Å². The summed E-state index contributed by atoms with van der Waals surface area (Å²) >= 11 is 0. The Morgan fingerprint density at radius 2 is 2.00 bits per heavy atom. The van der Waals surface area contributed by atoms with E-state index in [0.717, 1.165) is 6.07 Å². The third-order valence-electron chi connectivity index (χ3n) is 5.87. The summed E-state index contributed by atoms with van der Waals surface area (Å²) in [4.78, 5) is 39.4. The second-order valence-electron chi connectivity index (χ2n) is 7.75. The first-order valence-electron chi connectivity index (χ1n) is 9.89. The van der Waals surface area contributed by atoms with Crippen LogP contribution in [0.1, 0.15) is 51.7 Å². The zero-order valence-corrected chi connectivity index (χ0v) is 16.4. The number of pyridine rings is 1. The van der Waals surface area contributed by atoms with Crippen molar-refractivity contribution in [1.82, 2.24) is 14.8 Å². The van der Waals surface area contributed by atoms with Gasteiger partial charge in [0.25, 0.3) is 11.8 Å². The average molecular weight is 435 g/mol. The van der Waals surface area contributed by atoms with Crippen LogP contribution in [0.15, 0.2) is 29.2 Å². The smallest absolute Gasteiger partial charge is 0.274 e. The summed E-state index contributed by atoms with van der Waals surface area (Å²) in [6.45, 7) is -0.810. The summed E-state index contributed by atoms with van der Waals surface area (Å²) < 4.78 is 41.6. The van der Waals surface area contributed by atoms with E-state index in [2.05, 4.69) is 5.32 Å². The van der Waals surface area contributed by atoms with Crippen molar-refractivity contribution < 1.29 is 27.9 Å². The van der Waals surface area contributed by atoms with Crippen LogP contribution in [0, 0.1) is 11.6 Å². The normalized spacial score (nSPS) is 20.2. The van der Waals surface area contributed by atoms with Crippen LogP contribution in [0.4, 0.5) is 13.2 Å². The minimum Gasteiger partial charge on any atom is -0.503 e. The molecule has 0 saturated carbocycles. The number of nitrogens with zero attached hydrogens (tertiary/aromatic N) is 2. The van der Waals surface area contributed by atoms with Crippen molar-refractivity contribution >= 4 is 11.8 Å². The van der Waals surface area contributed by atoms with Crippen molar-refractivity contribution in [2.24, 2.45) is 0 Å². The molecule has 4 rings (SSSR count). The lowest BCUT2D eigenvalue weighted by molar-refractivity contribution is 0.0557. The summed E-state index contributed by atoms with van der Waals surface area (Å²) in [5.41, 5.74) is -1.70. The molecule has 31 heavy (non-hydrogen) atoms. The molecular weight excluding hydrogens is 415 g/mol. The molecule has 7 nitrogen and oxygen atoms in total. The molecule has 2 aromatic rings. The number of hydrogen-bond donors (Lipinski definition) is 2. The van der Waals surface area contributed by atoms with Gasteiger partial charge < -0.3 is 19.9 Å². The van der Waals surface area contributed by atoms with Crippen LogP contribution in [-0.2, 0) is 6.54 Å². The number of rotatable bonds is 4. The van der Waals surface area contributed by atoms with Gasteiger partial charge in [0.2, 0.25) is 5.43 Å². The highest BCUT2D eigenvalue weighted by molar-refractivity contribution is 5.99. The second-order valence-corrected chi connectivity index (χ2v) is 7.75. The van der Waals surface area contributed by atoms with Gasteiger partial charge in [-0.2, -0.15) is 0 Å². The number of carbonyl (C=O) groups excluding carboxylic acids is 2. The molecule has 2 bridgehead atoms. The van der Waals surface area contributed by atoms with Crippen molar-refractivity contribution in [2.45, 2.75) is 37.9 Å². The predicted molar refractivity (Wildman–Crippen MR) is 104 cm³/mol. The minimum absolute atomic E-state index is 0.0175. The standard InChI is InChI=1S/C21H20F3N3O4/c22-7-13-2-1-3-14-9-27(13)21(31)17-19(29)18(28)15(10-26(14)17)20(30)25-8-11-4-5-12(23)6-16(11)24/h4-6,10,13-14,29H,1-3,7-9H2,(H,25,30)/t13-,14+/m1/s1. The molecule has 3 heterocycles. The number of amides is 2. The van der Waals surface area contributed by atoms with Gasteiger partial charge in [0.15, 0.2) is 11.4 Å². The number of nitrogens with one attached hydrogen (secondary N) is 1. The highest BCUT2D eigenvalue weighted by Gasteiger charge is 2.40. The molecule has 1 saturated heterocycles. The van der Waals surface area contributed by atoms with Gasteiger partial charge in [0, 0.05) is 30.9 Å². The SMILES string of the molecule is O=C(NCc1ccc(F)cc1F)c1cn2c(c(O)c1=O)C(=O)N1C[C@@H]2CCC[C@@H]1CF. The maximum atomic E-state index is 13.8. The van der Waals surface area contributed by atoms with E-state index in [1.807, 2.05) is 0 Å². The molecule has 0 radical (unpaired) electrons. The molecule has 164 valence electrons. The summed E-state index contributed by atoms with van der Waals surface area (Å²) in [6.07, 6.45) is 2.90. The minimum atomic E-state index is -1.05. The Kier molecular flexibility index (Phi) is 5.47. The zero-order chi connectivity index (χ0) is 22.3. The van der Waals surface area contributed by atoms with Crippen LogP contribution in [0.5, 0.6) is 5.75 Å². The summed E-state index contributed by atoms with van der Waals surface area (Å²) in [6, 6.07) is 1.95. The topological polar surface area (TPSA) is 91.6 Å². The van der Waals surface area contributed by atoms with Crippen LogP contribution >= 0.6 is 0 Å². The Bertz CT molecular complexity index is 1120. The van der Waals surface area contributed by atoms with Crippen LogP contribution in [0.25, 0.3) is 0 Å². The zero-order valence-electron chi connectivity index (χ0n) is 16.4. The third kappa shape index (κ3) is 3.66. The number of hydrogen-bond acceptors (Lipinski definition) is 4.